The van der Waals surface area contributed by atoms with Crippen LogP contribution in [-0.2, 0) is 0 Å². The molecule has 1 aliphatic rings. The van der Waals surface area contributed by atoms with E-state index in [0.717, 1.165) is 12.8 Å². The molecule has 2 aromatic heterocycles. The fourth-order valence-electron chi connectivity index (χ4n) is 4.42. The highest BCUT2D eigenvalue weighted by atomic mass is 19.1. The number of aromatic nitrogens is 4. The predicted octanol–water partition coefficient (Wildman–Crippen LogP) is 3.24. The van der Waals surface area contributed by atoms with Gasteiger partial charge in [-0.3, -0.25) is 5.10 Å². The topological polar surface area (TPSA) is 127 Å². The first-order chi connectivity index (χ1) is 14.1. The summed E-state index contributed by atoms with van der Waals surface area (Å²) >= 11 is 0. The average molecular weight is 429 g/mol. The number of H-pyrrole nitrogens is 1. The predicted molar refractivity (Wildman–Crippen MR) is 115 cm³/mol. The Hall–Kier alpha value is -3.04. The second-order valence-corrected chi connectivity index (χ2v) is 9.14. The SMILES string of the molecule is CC1(C)CC(Oc2ccc(-c3c(O)cc(-c4cn[nH]c4)cc3F)nn2)CC(C)(C)N1.O. The summed E-state index contributed by atoms with van der Waals surface area (Å²) in [6.07, 6.45) is 4.86. The number of halogens is 1. The first kappa shape index (κ1) is 22.6. The summed E-state index contributed by atoms with van der Waals surface area (Å²) in [5.41, 5.74) is 1.34. The number of piperidine rings is 1. The van der Waals surface area contributed by atoms with Gasteiger partial charge in [0.05, 0.1) is 17.5 Å². The summed E-state index contributed by atoms with van der Waals surface area (Å²) in [6.45, 7) is 8.60. The Morgan fingerprint density at radius 1 is 1.06 bits per heavy atom. The Morgan fingerprint density at radius 3 is 2.32 bits per heavy atom. The zero-order valence-electron chi connectivity index (χ0n) is 18.0. The normalized spacial score (nSPS) is 17.7. The molecule has 3 heterocycles. The molecule has 4 rings (SSSR count). The lowest BCUT2D eigenvalue weighted by Gasteiger charge is -2.46. The Kier molecular flexibility index (Phi) is 6.02. The summed E-state index contributed by atoms with van der Waals surface area (Å²) in [6, 6.07) is 6.09. The van der Waals surface area contributed by atoms with E-state index < -0.39 is 5.82 Å². The number of phenolic OH excluding ortho intramolecular Hbond substituents is 1. The van der Waals surface area contributed by atoms with E-state index in [9.17, 15) is 9.50 Å². The molecule has 0 amide bonds. The van der Waals surface area contributed by atoms with E-state index in [2.05, 4.69) is 53.4 Å². The Bertz CT molecular complexity index is 997. The number of hydrogen-bond acceptors (Lipinski definition) is 6. The van der Waals surface area contributed by atoms with Crippen molar-refractivity contribution in [2.75, 3.05) is 0 Å². The molecule has 0 radical (unpaired) electrons. The van der Waals surface area contributed by atoms with Gasteiger partial charge in [0.15, 0.2) is 0 Å². The molecule has 1 aromatic carbocycles. The van der Waals surface area contributed by atoms with Crippen molar-refractivity contribution >= 4 is 0 Å². The summed E-state index contributed by atoms with van der Waals surface area (Å²) in [5.74, 6) is -0.417. The molecular formula is C22H28FN5O3. The number of hydrogen-bond donors (Lipinski definition) is 3. The van der Waals surface area contributed by atoms with Crippen LogP contribution in [0.25, 0.3) is 22.4 Å². The van der Waals surface area contributed by atoms with E-state index in [1.807, 2.05) is 0 Å². The van der Waals surface area contributed by atoms with E-state index in [1.54, 1.807) is 24.5 Å². The van der Waals surface area contributed by atoms with Gasteiger partial charge >= 0.3 is 0 Å². The van der Waals surface area contributed by atoms with Gasteiger partial charge in [-0.2, -0.15) is 5.10 Å². The number of nitrogens with one attached hydrogen (secondary N) is 2. The highest BCUT2D eigenvalue weighted by Crippen LogP contribution is 2.35. The first-order valence-electron chi connectivity index (χ1n) is 9.94. The lowest BCUT2D eigenvalue weighted by molar-refractivity contribution is 0.0524. The van der Waals surface area contributed by atoms with Gasteiger partial charge in [0, 0.05) is 41.7 Å². The first-order valence-corrected chi connectivity index (χ1v) is 9.94. The molecule has 0 saturated carbocycles. The van der Waals surface area contributed by atoms with E-state index in [1.165, 1.54) is 12.1 Å². The van der Waals surface area contributed by atoms with Crippen molar-refractivity contribution in [3.63, 3.8) is 0 Å². The van der Waals surface area contributed by atoms with Crippen molar-refractivity contribution in [1.82, 2.24) is 25.7 Å². The van der Waals surface area contributed by atoms with Crippen molar-refractivity contribution in [1.29, 1.82) is 0 Å². The number of aromatic amines is 1. The largest absolute Gasteiger partial charge is 0.507 e. The van der Waals surface area contributed by atoms with Crippen LogP contribution in [0.2, 0.25) is 0 Å². The van der Waals surface area contributed by atoms with Crippen molar-refractivity contribution < 1.29 is 19.7 Å². The molecule has 0 spiro atoms. The van der Waals surface area contributed by atoms with Gasteiger partial charge < -0.3 is 20.6 Å². The van der Waals surface area contributed by atoms with Gasteiger partial charge in [0.1, 0.15) is 17.7 Å². The van der Waals surface area contributed by atoms with E-state index in [0.29, 0.717) is 17.0 Å². The number of rotatable bonds is 4. The van der Waals surface area contributed by atoms with Crippen LogP contribution in [0, 0.1) is 5.82 Å². The molecule has 0 aliphatic carbocycles. The number of phenols is 1. The Morgan fingerprint density at radius 2 is 1.77 bits per heavy atom. The summed E-state index contributed by atoms with van der Waals surface area (Å²) in [7, 11) is 0. The summed E-state index contributed by atoms with van der Waals surface area (Å²) < 4.78 is 20.8. The quantitative estimate of drug-likeness (QED) is 0.584. The molecule has 1 aliphatic heterocycles. The van der Waals surface area contributed by atoms with Crippen LogP contribution in [0.4, 0.5) is 4.39 Å². The number of benzene rings is 1. The van der Waals surface area contributed by atoms with Gasteiger partial charge in [-0.05, 0) is 51.5 Å². The standard InChI is InChI=1S/C22H26FN5O2.H2O/c1-21(2)9-15(10-22(3,4)28-21)30-19-6-5-17(26-27-19)20-16(23)7-13(8-18(20)29)14-11-24-25-12-14;/h5-8,11-12,15,28-29H,9-10H2,1-4H3,(H,24,25);1H2. The molecule has 0 unspecified atom stereocenters. The fourth-order valence-corrected chi connectivity index (χ4v) is 4.42. The van der Waals surface area contributed by atoms with Crippen LogP contribution >= 0.6 is 0 Å². The lowest BCUT2D eigenvalue weighted by Crippen LogP contribution is -2.60. The molecule has 1 saturated heterocycles. The second-order valence-electron chi connectivity index (χ2n) is 9.14. The molecule has 0 bridgehead atoms. The highest BCUT2D eigenvalue weighted by molar-refractivity contribution is 5.74. The minimum atomic E-state index is -0.587. The maximum absolute atomic E-state index is 14.7. The summed E-state index contributed by atoms with van der Waals surface area (Å²) in [5, 5.41) is 28.7. The molecule has 8 nitrogen and oxygen atoms in total. The van der Waals surface area contributed by atoms with Gasteiger partial charge in [-0.25, -0.2) is 4.39 Å². The van der Waals surface area contributed by atoms with Crippen molar-refractivity contribution in [3.05, 3.63) is 42.5 Å². The molecule has 9 heteroatoms. The third kappa shape index (κ3) is 5.00. The average Bonchev–Trinajstić information content (AvgIpc) is 3.14. The zero-order chi connectivity index (χ0) is 21.5. The van der Waals surface area contributed by atoms with Crippen LogP contribution in [0.1, 0.15) is 40.5 Å². The van der Waals surface area contributed by atoms with E-state index in [-0.39, 0.29) is 39.7 Å². The van der Waals surface area contributed by atoms with Crippen LogP contribution in [0.3, 0.4) is 0 Å². The summed E-state index contributed by atoms with van der Waals surface area (Å²) in [4.78, 5) is 0. The van der Waals surface area contributed by atoms with Crippen molar-refractivity contribution in [3.8, 4) is 34.0 Å². The zero-order valence-corrected chi connectivity index (χ0v) is 18.0. The lowest BCUT2D eigenvalue weighted by atomic mass is 9.81. The van der Waals surface area contributed by atoms with Gasteiger partial charge in [-0.1, -0.05) is 0 Å². The van der Waals surface area contributed by atoms with Crippen LogP contribution in [-0.4, -0.2) is 48.2 Å². The monoisotopic (exact) mass is 429 g/mol. The number of aromatic hydroxyl groups is 1. The Balaban J connectivity index is 0.00000272. The van der Waals surface area contributed by atoms with Crippen molar-refractivity contribution in [2.45, 2.75) is 57.7 Å². The molecular weight excluding hydrogens is 401 g/mol. The van der Waals surface area contributed by atoms with Gasteiger partial charge in [0.25, 0.3) is 0 Å². The number of ether oxygens (including phenoxy) is 1. The molecule has 166 valence electrons. The fraction of sp³-hybridized carbons (Fsp3) is 0.409. The Labute approximate surface area is 180 Å². The van der Waals surface area contributed by atoms with Crippen LogP contribution in [0.5, 0.6) is 11.6 Å². The second kappa shape index (κ2) is 8.24. The molecule has 1 fully saturated rings. The maximum atomic E-state index is 14.7. The third-order valence-corrected chi connectivity index (χ3v) is 5.24. The van der Waals surface area contributed by atoms with Crippen LogP contribution < -0.4 is 10.1 Å². The van der Waals surface area contributed by atoms with Crippen molar-refractivity contribution in [2.24, 2.45) is 0 Å². The molecule has 31 heavy (non-hydrogen) atoms. The maximum Gasteiger partial charge on any atom is 0.233 e. The van der Waals surface area contributed by atoms with E-state index >= 15 is 0 Å². The molecule has 0 atom stereocenters. The van der Waals surface area contributed by atoms with Gasteiger partial charge in [0.2, 0.25) is 5.88 Å². The minimum Gasteiger partial charge on any atom is -0.507 e. The van der Waals surface area contributed by atoms with Gasteiger partial charge in [-0.15, -0.1) is 10.2 Å². The minimum absolute atomic E-state index is 0. The molecule has 5 N–H and O–H groups in total. The highest BCUT2D eigenvalue weighted by Gasteiger charge is 2.38. The third-order valence-electron chi connectivity index (χ3n) is 5.24. The van der Waals surface area contributed by atoms with Crippen LogP contribution in [0.15, 0.2) is 36.7 Å². The smallest absolute Gasteiger partial charge is 0.233 e. The molecule has 3 aromatic rings. The number of nitrogens with zero attached hydrogens (tertiary/aromatic N) is 3. The van der Waals surface area contributed by atoms with E-state index in [4.69, 9.17) is 4.74 Å².